The van der Waals surface area contributed by atoms with Crippen LogP contribution in [0.25, 0.3) is 5.73 Å². The van der Waals surface area contributed by atoms with E-state index in [0.29, 0.717) is 37.7 Å². The molecule has 1 saturated heterocycles. The Morgan fingerprint density at radius 1 is 1.26 bits per heavy atom. The molecule has 1 amide bonds. The third kappa shape index (κ3) is 12.2. The molecule has 8 heteroatoms. The van der Waals surface area contributed by atoms with E-state index in [9.17, 15) is 9.90 Å². The summed E-state index contributed by atoms with van der Waals surface area (Å²) in [7, 11) is 1.00. The Morgan fingerprint density at radius 2 is 1.82 bits per heavy atom. The van der Waals surface area contributed by atoms with Crippen molar-refractivity contribution in [3.63, 3.8) is 0 Å². The van der Waals surface area contributed by atoms with Gasteiger partial charge in [0.25, 0.3) is 0 Å². The first-order chi connectivity index (χ1) is 15.8. The van der Waals surface area contributed by atoms with Crippen LogP contribution < -0.4 is 0 Å². The molecule has 1 aromatic carbocycles. The average molecular weight is 697 g/mol. The molecule has 1 aromatic heterocycles. The number of likely N-dealkylation sites (tertiary alicyclic amines) is 1. The number of carbonyl (C=O) groups is 1. The molecule has 2 unspecified atom stereocenters. The van der Waals surface area contributed by atoms with Gasteiger partial charge in [-0.25, -0.2) is 0 Å². The number of aliphatic hydroxyl groups excluding tert-OH is 2. The van der Waals surface area contributed by atoms with E-state index in [-0.39, 0.29) is 49.0 Å². The summed E-state index contributed by atoms with van der Waals surface area (Å²) in [6, 6.07) is 9.30. The second-order valence-electron chi connectivity index (χ2n) is 7.98. The molecule has 2 aromatic rings. The van der Waals surface area contributed by atoms with Crippen molar-refractivity contribution in [3.05, 3.63) is 58.6 Å². The SMILES string of the molecule is C#Cc1ccc(C[NH-])cc1.CC(C)c1cc(C(C)C(=O)N2CCC(O)C2)on1.CCC.CO.[U]. The molecule has 0 radical (unpaired) electrons. The Kier molecular flexibility index (Phi) is 20.0. The summed E-state index contributed by atoms with van der Waals surface area (Å²) in [6.07, 6.45) is 6.67. The molecule has 0 spiro atoms. The molecule has 7 nitrogen and oxygen atoms in total. The van der Waals surface area contributed by atoms with E-state index in [1.54, 1.807) is 4.90 Å². The fourth-order valence-corrected chi connectivity index (χ4v) is 2.84. The van der Waals surface area contributed by atoms with Gasteiger partial charge in [0.2, 0.25) is 5.91 Å². The topological polar surface area (TPSA) is 111 Å². The molecule has 3 N–H and O–H groups in total. The number of nitrogens with zero attached hydrogens (tertiary/aromatic N) is 2. The maximum Gasteiger partial charge on any atom is 0.233 e. The van der Waals surface area contributed by atoms with Gasteiger partial charge in [-0.15, -0.1) is 13.0 Å². The number of aromatic nitrogens is 1. The molecule has 3 rings (SSSR count). The quantitative estimate of drug-likeness (QED) is 0.449. The first kappa shape index (κ1) is 34.6. The van der Waals surface area contributed by atoms with Crippen molar-refractivity contribution in [2.75, 3.05) is 20.2 Å². The Balaban J connectivity index is 0. The number of β-amino-alcohol motifs (C(OH)–C–C–N with tert-alkyl or cyclic N) is 1. The van der Waals surface area contributed by atoms with Crippen LogP contribution in [0.2, 0.25) is 0 Å². The van der Waals surface area contributed by atoms with Crippen molar-refractivity contribution >= 4 is 5.91 Å². The second-order valence-corrected chi connectivity index (χ2v) is 7.98. The van der Waals surface area contributed by atoms with E-state index in [1.807, 2.05) is 51.1 Å². The fraction of sp³-hybridized carbons (Fsp3) is 0.538. The molecule has 188 valence electrons. The normalized spacial score (nSPS) is 14.7. The number of nitrogens with one attached hydrogen (secondary N) is 1. The van der Waals surface area contributed by atoms with Crippen molar-refractivity contribution in [1.82, 2.24) is 10.1 Å². The largest absolute Gasteiger partial charge is 0.674 e. The minimum Gasteiger partial charge on any atom is -0.674 e. The Morgan fingerprint density at radius 3 is 2.21 bits per heavy atom. The zero-order valence-corrected chi connectivity index (χ0v) is 25.5. The minimum absolute atomic E-state index is 0. The van der Waals surface area contributed by atoms with Gasteiger partial charge in [0.05, 0.1) is 17.7 Å². The summed E-state index contributed by atoms with van der Waals surface area (Å²) in [4.78, 5) is 13.9. The number of terminal acetylenes is 1. The van der Waals surface area contributed by atoms with Gasteiger partial charge in [-0.3, -0.25) is 4.79 Å². The molecule has 0 saturated carbocycles. The van der Waals surface area contributed by atoms with Crippen molar-refractivity contribution in [2.45, 2.75) is 71.9 Å². The number of aliphatic hydroxyl groups is 2. The molecule has 1 aliphatic rings. The second kappa shape index (κ2) is 19.7. The van der Waals surface area contributed by atoms with Gasteiger partial charge < -0.3 is 25.4 Å². The van der Waals surface area contributed by atoms with Crippen molar-refractivity contribution in [2.24, 2.45) is 0 Å². The van der Waals surface area contributed by atoms with Crippen molar-refractivity contribution < 1.29 is 50.6 Å². The van der Waals surface area contributed by atoms with Crippen LogP contribution in [0, 0.1) is 43.5 Å². The molecule has 2 atom stereocenters. The van der Waals surface area contributed by atoms with Crippen LogP contribution in [0.5, 0.6) is 0 Å². The molecule has 0 aliphatic carbocycles. The summed E-state index contributed by atoms with van der Waals surface area (Å²) in [5, 5.41) is 20.4. The van der Waals surface area contributed by atoms with Crippen molar-refractivity contribution in [1.29, 1.82) is 0 Å². The number of amides is 1. The van der Waals surface area contributed by atoms with Crippen molar-refractivity contribution in [3.8, 4) is 12.3 Å². The number of rotatable bonds is 4. The maximum absolute atomic E-state index is 12.2. The molecule has 34 heavy (non-hydrogen) atoms. The first-order valence-corrected chi connectivity index (χ1v) is 11.3. The Labute approximate surface area is 228 Å². The third-order valence-corrected chi connectivity index (χ3v) is 4.74. The van der Waals surface area contributed by atoms with Crippen LogP contribution in [0.3, 0.4) is 0 Å². The Bertz CT molecular complexity index is 831. The summed E-state index contributed by atoms with van der Waals surface area (Å²) >= 11 is 0. The van der Waals surface area contributed by atoms with E-state index in [0.717, 1.165) is 23.9 Å². The van der Waals surface area contributed by atoms with Crippen LogP contribution in [0.15, 0.2) is 34.9 Å². The number of benzene rings is 1. The molecule has 1 fully saturated rings. The fourth-order valence-electron chi connectivity index (χ4n) is 2.84. The summed E-state index contributed by atoms with van der Waals surface area (Å²) < 4.78 is 5.24. The van der Waals surface area contributed by atoms with Gasteiger partial charge >= 0.3 is 0 Å². The predicted octanol–water partition coefficient (Wildman–Crippen LogP) is 4.74. The van der Waals surface area contributed by atoms with Gasteiger partial charge in [-0.1, -0.05) is 62.9 Å². The molecular weight excluding hydrogens is 656 g/mol. The van der Waals surface area contributed by atoms with Crippen LogP contribution in [-0.4, -0.2) is 52.5 Å². The van der Waals surface area contributed by atoms with E-state index in [4.69, 9.17) is 21.8 Å². The predicted molar refractivity (Wildman–Crippen MR) is 133 cm³/mol. The van der Waals surface area contributed by atoms with Gasteiger partial charge in [0.1, 0.15) is 5.76 Å². The van der Waals surface area contributed by atoms with Gasteiger partial charge in [0, 0.05) is 62.9 Å². The zero-order valence-electron chi connectivity index (χ0n) is 21.3. The minimum atomic E-state index is -0.387. The van der Waals surface area contributed by atoms with E-state index in [2.05, 4.69) is 24.9 Å². The molecular formula is C26H40N3O4U-. The number of carbonyl (C=O) groups excluding carboxylic acids is 1. The third-order valence-electron chi connectivity index (χ3n) is 4.74. The summed E-state index contributed by atoms with van der Waals surface area (Å²) in [6.45, 7) is 11.5. The number of hydrogen-bond donors (Lipinski definition) is 2. The van der Waals surface area contributed by atoms with Crippen LogP contribution in [-0.2, 0) is 11.3 Å². The standard InChI is InChI=1S/C13H20N2O3.C9H8N.C3H8.CH4O.U/c1-8(2)11-6-12(18-14-11)9(3)13(17)15-5-4-10(16)7-15;1-2-8-3-5-9(7-10)6-4-8;1-3-2;1-2;/h6,8-10,16H,4-5,7H2,1-3H3;1,3-6,10H,7H2;3H2,1-2H3;2H,1H3;/q;-1;;;. The zero-order chi connectivity index (χ0) is 25.4. The van der Waals surface area contributed by atoms with Crippen LogP contribution in [0.1, 0.15) is 81.9 Å². The van der Waals surface area contributed by atoms with E-state index < -0.39 is 0 Å². The van der Waals surface area contributed by atoms with Gasteiger partial charge in [0.15, 0.2) is 0 Å². The van der Waals surface area contributed by atoms with Gasteiger partial charge in [-0.05, 0) is 31.4 Å². The molecule has 0 bridgehead atoms. The molecule has 2 heterocycles. The smallest absolute Gasteiger partial charge is 0.233 e. The Hall–Kier alpha value is -1.61. The van der Waals surface area contributed by atoms with E-state index >= 15 is 0 Å². The molecule has 1 aliphatic heterocycles. The van der Waals surface area contributed by atoms with E-state index in [1.165, 1.54) is 6.42 Å². The monoisotopic (exact) mass is 696 g/mol. The van der Waals surface area contributed by atoms with Crippen LogP contribution >= 0.6 is 0 Å². The van der Waals surface area contributed by atoms with Crippen LogP contribution in [0.4, 0.5) is 0 Å². The number of hydrogen-bond acceptors (Lipinski definition) is 5. The maximum atomic E-state index is 12.2. The first-order valence-electron chi connectivity index (χ1n) is 11.3. The summed E-state index contributed by atoms with van der Waals surface area (Å²) in [5.74, 6) is 3.07. The summed E-state index contributed by atoms with van der Waals surface area (Å²) in [5.41, 5.74) is 9.76. The van der Waals surface area contributed by atoms with Gasteiger partial charge in [-0.2, -0.15) is 0 Å². The average Bonchev–Trinajstić information content (AvgIpc) is 3.50.